The molecule has 4 fully saturated rings. The standard InChI is InChI=1S/C30H33NO7S/c1-28-14-22(33)24-20(8-5-17-12-18(32)9-10-29(17,24)2)21(28)13-30(37,15-28)26(35)38-19-6-3-16(4-7-19)11-23-25(34)31-27(36)39-23/h3-4,6-7,9-10,12,20-24,33,37H,5,8,11,13-15H2,1-2H3,(H,31,34,36)/t20?,21?,22?,23?,24?,28-,29+,30-/m1/s1. The number of nitrogens with one attached hydrogen (secondary N) is 1. The number of hydrogen-bond acceptors (Lipinski definition) is 8. The van der Waals surface area contributed by atoms with Crippen LogP contribution in [-0.4, -0.2) is 50.1 Å². The zero-order valence-electron chi connectivity index (χ0n) is 22.0. The number of rotatable bonds is 4. The van der Waals surface area contributed by atoms with Crippen molar-refractivity contribution in [2.45, 2.75) is 69.3 Å². The predicted molar refractivity (Wildman–Crippen MR) is 144 cm³/mol. The molecule has 5 aliphatic rings. The summed E-state index contributed by atoms with van der Waals surface area (Å²) in [6.07, 6.45) is 7.56. The topological polar surface area (TPSA) is 130 Å². The van der Waals surface area contributed by atoms with Crippen LogP contribution in [0.15, 0.2) is 48.1 Å². The summed E-state index contributed by atoms with van der Waals surface area (Å²) in [7, 11) is 0. The summed E-state index contributed by atoms with van der Waals surface area (Å²) >= 11 is 0.965. The summed E-state index contributed by atoms with van der Waals surface area (Å²) in [6.45, 7) is 4.16. The number of carbonyl (C=O) groups is 4. The van der Waals surface area contributed by atoms with E-state index in [4.69, 9.17) is 4.74 Å². The van der Waals surface area contributed by atoms with Crippen LogP contribution >= 0.6 is 11.8 Å². The second-order valence-corrected chi connectivity index (χ2v) is 13.7. The Balaban J connectivity index is 1.17. The van der Waals surface area contributed by atoms with Gasteiger partial charge in [0.1, 0.15) is 5.75 Å². The van der Waals surface area contributed by atoms with E-state index in [2.05, 4.69) is 19.2 Å². The molecular formula is C30H33NO7S. The second-order valence-electron chi connectivity index (χ2n) is 12.5. The molecule has 8 atom stereocenters. The minimum Gasteiger partial charge on any atom is -0.424 e. The maximum atomic E-state index is 13.3. The number of esters is 1. The van der Waals surface area contributed by atoms with Gasteiger partial charge in [-0.3, -0.25) is 19.7 Å². The van der Waals surface area contributed by atoms with Gasteiger partial charge in [0.05, 0.1) is 11.4 Å². The Morgan fingerprint density at radius 1 is 1.15 bits per heavy atom. The maximum absolute atomic E-state index is 13.3. The van der Waals surface area contributed by atoms with Gasteiger partial charge in [0.25, 0.3) is 5.24 Å². The average molecular weight is 552 g/mol. The van der Waals surface area contributed by atoms with Crippen LogP contribution in [0.2, 0.25) is 0 Å². The lowest BCUT2D eigenvalue weighted by Crippen LogP contribution is -2.54. The van der Waals surface area contributed by atoms with Gasteiger partial charge >= 0.3 is 5.97 Å². The number of allylic oxidation sites excluding steroid dienone is 4. The van der Waals surface area contributed by atoms with Gasteiger partial charge in [-0.05, 0) is 85.6 Å². The molecule has 0 radical (unpaired) electrons. The molecule has 1 heterocycles. The Kier molecular flexibility index (Phi) is 6.21. The fraction of sp³-hybridized carbons (Fsp3) is 0.533. The maximum Gasteiger partial charge on any atom is 0.343 e. The number of fused-ring (bicyclic) bond motifs is 5. The Bertz CT molecular complexity index is 1320. The Labute approximate surface area is 231 Å². The number of aliphatic hydroxyl groups excluding tert-OH is 1. The summed E-state index contributed by atoms with van der Waals surface area (Å²) in [5, 5.41) is 24.5. The first-order valence-corrected chi connectivity index (χ1v) is 14.5. The Hall–Kier alpha value is -2.75. The van der Waals surface area contributed by atoms with E-state index in [0.717, 1.165) is 35.7 Å². The van der Waals surface area contributed by atoms with E-state index in [-0.39, 0.29) is 47.5 Å². The lowest BCUT2D eigenvalue weighted by atomic mass is 9.47. The van der Waals surface area contributed by atoms with Crippen LogP contribution in [-0.2, 0) is 20.8 Å². The molecular weight excluding hydrogens is 518 g/mol. The smallest absolute Gasteiger partial charge is 0.343 e. The van der Waals surface area contributed by atoms with E-state index < -0.39 is 33.8 Å². The van der Waals surface area contributed by atoms with Crippen LogP contribution in [0.25, 0.3) is 0 Å². The molecule has 4 aliphatic carbocycles. The summed E-state index contributed by atoms with van der Waals surface area (Å²) in [4.78, 5) is 48.6. The molecule has 6 rings (SSSR count). The summed E-state index contributed by atoms with van der Waals surface area (Å²) < 4.78 is 5.65. The number of ether oxygens (including phenoxy) is 1. The minimum absolute atomic E-state index is 0.0138. The van der Waals surface area contributed by atoms with Crippen LogP contribution < -0.4 is 10.1 Å². The molecule has 1 saturated heterocycles. The highest BCUT2D eigenvalue weighted by atomic mass is 32.2. The molecule has 0 bridgehead atoms. The summed E-state index contributed by atoms with van der Waals surface area (Å²) in [6, 6.07) is 6.75. The van der Waals surface area contributed by atoms with Crippen molar-refractivity contribution in [1.82, 2.24) is 5.32 Å². The van der Waals surface area contributed by atoms with E-state index in [9.17, 15) is 29.4 Å². The van der Waals surface area contributed by atoms with Crippen molar-refractivity contribution in [2.75, 3.05) is 0 Å². The molecule has 206 valence electrons. The van der Waals surface area contributed by atoms with Gasteiger partial charge in [0.2, 0.25) is 5.91 Å². The number of ketones is 1. The number of benzene rings is 1. The fourth-order valence-corrected chi connectivity index (χ4v) is 9.12. The van der Waals surface area contributed by atoms with Crippen LogP contribution in [0, 0.1) is 28.6 Å². The molecule has 1 aliphatic heterocycles. The van der Waals surface area contributed by atoms with Crippen molar-refractivity contribution in [3.05, 3.63) is 53.6 Å². The number of amides is 2. The van der Waals surface area contributed by atoms with E-state index in [1.165, 1.54) is 0 Å². The fourth-order valence-electron chi connectivity index (χ4n) is 8.26. The third-order valence-electron chi connectivity index (χ3n) is 9.96. The highest BCUT2D eigenvalue weighted by molar-refractivity contribution is 8.15. The molecule has 9 heteroatoms. The van der Waals surface area contributed by atoms with Gasteiger partial charge in [0.15, 0.2) is 11.4 Å². The number of thioether (sulfide) groups is 1. The number of imide groups is 1. The third-order valence-corrected chi connectivity index (χ3v) is 10.9. The Morgan fingerprint density at radius 2 is 1.90 bits per heavy atom. The number of hydrogen-bond donors (Lipinski definition) is 3. The van der Waals surface area contributed by atoms with Crippen molar-refractivity contribution in [1.29, 1.82) is 0 Å². The van der Waals surface area contributed by atoms with Crippen molar-refractivity contribution >= 4 is 34.7 Å². The third kappa shape index (κ3) is 4.39. The van der Waals surface area contributed by atoms with Crippen LogP contribution in [0.1, 0.15) is 51.5 Å². The summed E-state index contributed by atoms with van der Waals surface area (Å²) in [5.41, 5.74) is -0.602. The molecule has 39 heavy (non-hydrogen) atoms. The van der Waals surface area contributed by atoms with Crippen molar-refractivity contribution in [2.24, 2.45) is 28.6 Å². The van der Waals surface area contributed by atoms with E-state index in [1.807, 2.05) is 6.08 Å². The molecule has 3 saturated carbocycles. The highest BCUT2D eigenvalue weighted by Gasteiger charge is 2.65. The molecule has 1 aromatic rings. The number of carbonyl (C=O) groups excluding carboxylic acids is 4. The quantitative estimate of drug-likeness (QED) is 0.383. The zero-order valence-corrected chi connectivity index (χ0v) is 22.8. The predicted octanol–water partition coefficient (Wildman–Crippen LogP) is 3.50. The molecule has 5 unspecified atom stereocenters. The minimum atomic E-state index is -1.67. The van der Waals surface area contributed by atoms with E-state index in [0.29, 0.717) is 18.6 Å². The lowest BCUT2D eigenvalue weighted by Gasteiger charge is -2.57. The largest absolute Gasteiger partial charge is 0.424 e. The zero-order chi connectivity index (χ0) is 27.7. The first-order valence-electron chi connectivity index (χ1n) is 13.6. The van der Waals surface area contributed by atoms with Gasteiger partial charge in [-0.25, -0.2) is 4.79 Å². The molecule has 1 aromatic carbocycles. The monoisotopic (exact) mass is 551 g/mol. The SMILES string of the molecule is C[C@]12CC(O)C3C(CCC4=CC(=O)C=C[C@@]43C)C1C[C@](O)(C(=O)Oc1ccc(CC3SC(=O)NC3=O)cc1)C2. The molecule has 3 N–H and O–H groups in total. The van der Waals surface area contributed by atoms with Gasteiger partial charge in [-0.1, -0.05) is 49.4 Å². The lowest BCUT2D eigenvalue weighted by molar-refractivity contribution is -0.155. The Morgan fingerprint density at radius 3 is 2.59 bits per heavy atom. The van der Waals surface area contributed by atoms with Crippen LogP contribution in [0.3, 0.4) is 0 Å². The first-order chi connectivity index (χ1) is 18.4. The first kappa shape index (κ1) is 26.5. The molecule has 8 nitrogen and oxygen atoms in total. The van der Waals surface area contributed by atoms with Gasteiger partial charge in [0, 0.05) is 11.3 Å². The van der Waals surface area contributed by atoms with E-state index >= 15 is 0 Å². The summed E-state index contributed by atoms with van der Waals surface area (Å²) in [5.74, 6) is -0.657. The average Bonchev–Trinajstić information content (AvgIpc) is 3.34. The van der Waals surface area contributed by atoms with Crippen LogP contribution in [0.4, 0.5) is 4.79 Å². The second kappa shape index (κ2) is 9.14. The number of aliphatic hydroxyl groups is 2. The van der Waals surface area contributed by atoms with Crippen molar-refractivity contribution < 1.29 is 34.1 Å². The normalized spacial score (nSPS) is 40.9. The molecule has 0 spiro atoms. The van der Waals surface area contributed by atoms with Gasteiger partial charge in [-0.15, -0.1) is 0 Å². The van der Waals surface area contributed by atoms with Gasteiger partial charge < -0.3 is 14.9 Å². The molecule has 2 amide bonds. The van der Waals surface area contributed by atoms with Crippen molar-refractivity contribution in [3.8, 4) is 5.75 Å². The van der Waals surface area contributed by atoms with Gasteiger partial charge in [-0.2, -0.15) is 0 Å². The van der Waals surface area contributed by atoms with E-state index in [1.54, 1.807) is 36.4 Å². The van der Waals surface area contributed by atoms with Crippen LogP contribution in [0.5, 0.6) is 5.75 Å². The van der Waals surface area contributed by atoms with Crippen molar-refractivity contribution in [3.63, 3.8) is 0 Å². The highest BCUT2D eigenvalue weighted by Crippen LogP contribution is 2.66. The molecule has 0 aromatic heterocycles.